The normalized spacial score (nSPS) is 5.00. The summed E-state index contributed by atoms with van der Waals surface area (Å²) in [5.41, 5.74) is 0. The molecule has 0 aromatic carbocycles. The molecule has 0 aliphatic rings. The van der Waals surface area contributed by atoms with E-state index in [0.717, 1.165) is 0 Å². The van der Waals surface area contributed by atoms with Gasteiger partial charge in [-0.25, -0.2) is 0 Å². The van der Waals surface area contributed by atoms with E-state index < -0.39 is 0 Å². The van der Waals surface area contributed by atoms with Crippen molar-refractivity contribution in [2.75, 3.05) is 13.2 Å². The minimum atomic E-state index is -0.125. The van der Waals surface area contributed by atoms with Crippen LogP contribution in [0.2, 0.25) is 0 Å². The minimum absolute atomic E-state index is 0. The Morgan fingerprint density at radius 3 is 1.17 bits per heavy atom. The van der Waals surface area contributed by atoms with Gasteiger partial charge in [-0.15, -0.1) is 0 Å². The van der Waals surface area contributed by atoms with E-state index in [2.05, 4.69) is 0 Å². The second-order valence-electron chi connectivity index (χ2n) is 0.447. The molecule has 0 fully saturated rings. The van der Waals surface area contributed by atoms with Crippen LogP contribution in [0.4, 0.5) is 0 Å². The zero-order valence-corrected chi connectivity index (χ0v) is 4.28. The molecule has 0 aromatic rings. The van der Waals surface area contributed by atoms with Crippen LogP contribution in [0.3, 0.4) is 0 Å². The van der Waals surface area contributed by atoms with Crippen molar-refractivity contribution in [3.8, 4) is 0 Å². The van der Waals surface area contributed by atoms with Crippen LogP contribution in [0.15, 0.2) is 0 Å². The summed E-state index contributed by atoms with van der Waals surface area (Å²) in [5, 5.41) is 15.2. The summed E-state index contributed by atoms with van der Waals surface area (Å²) in [6, 6.07) is 0. The van der Waals surface area contributed by atoms with Gasteiger partial charge in [0.15, 0.2) is 0 Å². The smallest absolute Gasteiger partial charge is 2.00 e. The number of hydrogen-bond acceptors (Lipinski definition) is 2. The third-order valence-electron chi connectivity index (χ3n) is 0.1000. The van der Waals surface area contributed by atoms with Crippen LogP contribution in [0, 0.1) is 0 Å². The molecule has 0 saturated carbocycles. The first-order chi connectivity index (χ1) is 1.91. The Morgan fingerprint density at radius 2 is 1.17 bits per heavy atom. The molecule has 3 nitrogen and oxygen atoms in total. The van der Waals surface area contributed by atoms with E-state index in [0.29, 0.717) is 0 Å². The molecular weight excluding hydrogens is 127 g/mol. The Labute approximate surface area is 46.8 Å². The standard InChI is InChI=1S/C2H6O2.Mn.O/c3-1-2-4;;/h3-4H,1-2H2;;/q;+2;-2. The third kappa shape index (κ3) is 26.0. The quantitative estimate of drug-likeness (QED) is 0.443. The Balaban J connectivity index is -0.0000000450. The van der Waals surface area contributed by atoms with Crippen LogP contribution in [-0.4, -0.2) is 23.4 Å². The maximum absolute atomic E-state index is 7.62. The largest absolute Gasteiger partial charge is 2.00 e. The van der Waals surface area contributed by atoms with Gasteiger partial charge in [0.1, 0.15) is 0 Å². The van der Waals surface area contributed by atoms with Crippen molar-refractivity contribution in [3.05, 3.63) is 0 Å². The van der Waals surface area contributed by atoms with Gasteiger partial charge in [-0.1, -0.05) is 0 Å². The van der Waals surface area contributed by atoms with Gasteiger partial charge in [0.2, 0.25) is 0 Å². The molecule has 6 heavy (non-hydrogen) atoms. The van der Waals surface area contributed by atoms with Crippen molar-refractivity contribution < 1.29 is 32.8 Å². The predicted molar refractivity (Wildman–Crippen MR) is 14.9 cm³/mol. The van der Waals surface area contributed by atoms with E-state index in [1.54, 1.807) is 0 Å². The van der Waals surface area contributed by atoms with Crippen LogP contribution in [-0.2, 0) is 22.5 Å². The van der Waals surface area contributed by atoms with Crippen LogP contribution >= 0.6 is 0 Å². The van der Waals surface area contributed by atoms with Crippen molar-refractivity contribution in [1.29, 1.82) is 0 Å². The maximum atomic E-state index is 7.62. The molecule has 0 aliphatic carbocycles. The van der Waals surface area contributed by atoms with E-state index in [4.69, 9.17) is 10.2 Å². The summed E-state index contributed by atoms with van der Waals surface area (Å²) in [6.07, 6.45) is 0. The van der Waals surface area contributed by atoms with Gasteiger partial charge in [0.05, 0.1) is 13.2 Å². The van der Waals surface area contributed by atoms with Crippen molar-refractivity contribution in [2.45, 2.75) is 0 Å². The second kappa shape index (κ2) is 18.2. The van der Waals surface area contributed by atoms with Gasteiger partial charge in [0, 0.05) is 0 Å². The molecule has 39 valence electrons. The Bertz CT molecular complexity index is 10.8. The number of aliphatic hydroxyl groups excluding tert-OH is 2. The maximum Gasteiger partial charge on any atom is 2.00 e. The zero-order valence-electron chi connectivity index (χ0n) is 3.09. The zero-order chi connectivity index (χ0) is 3.41. The average molecular weight is 133 g/mol. The summed E-state index contributed by atoms with van der Waals surface area (Å²) >= 11 is 0. The van der Waals surface area contributed by atoms with Crippen molar-refractivity contribution in [2.24, 2.45) is 0 Å². The van der Waals surface area contributed by atoms with E-state index in [1.807, 2.05) is 0 Å². The first kappa shape index (κ1) is 16.1. The molecular formula is C2H6MnO3. The molecule has 1 radical (unpaired) electrons. The van der Waals surface area contributed by atoms with Crippen LogP contribution in [0.1, 0.15) is 0 Å². The topological polar surface area (TPSA) is 69.0 Å². The molecule has 0 spiro atoms. The molecule has 0 rings (SSSR count). The minimum Gasteiger partial charge on any atom is -2.00 e. The Morgan fingerprint density at radius 1 is 1.00 bits per heavy atom. The Hall–Kier alpha value is 0.399. The van der Waals surface area contributed by atoms with E-state index >= 15 is 0 Å². The van der Waals surface area contributed by atoms with Crippen LogP contribution in [0.25, 0.3) is 0 Å². The Kier molecular flexibility index (Phi) is 48.8. The van der Waals surface area contributed by atoms with Gasteiger partial charge in [-0.2, -0.15) is 0 Å². The van der Waals surface area contributed by atoms with Gasteiger partial charge >= 0.3 is 17.1 Å². The molecule has 0 saturated heterocycles. The van der Waals surface area contributed by atoms with Crippen molar-refractivity contribution in [3.63, 3.8) is 0 Å². The van der Waals surface area contributed by atoms with Gasteiger partial charge in [-0.05, 0) is 0 Å². The monoisotopic (exact) mass is 133 g/mol. The predicted octanol–water partition coefficient (Wildman–Crippen LogP) is -1.15. The van der Waals surface area contributed by atoms with E-state index in [9.17, 15) is 0 Å². The molecule has 0 unspecified atom stereocenters. The molecule has 4 heteroatoms. The van der Waals surface area contributed by atoms with Crippen molar-refractivity contribution >= 4 is 0 Å². The fraction of sp³-hybridized carbons (Fsp3) is 1.00. The van der Waals surface area contributed by atoms with Gasteiger partial charge in [0.25, 0.3) is 0 Å². The average Bonchev–Trinajstić information content (AvgIpc) is 1.37. The third-order valence-corrected chi connectivity index (χ3v) is 0.1000. The summed E-state index contributed by atoms with van der Waals surface area (Å²) in [5.74, 6) is 0. The summed E-state index contributed by atoms with van der Waals surface area (Å²) in [6.45, 7) is -0.250. The second-order valence-corrected chi connectivity index (χ2v) is 0.447. The first-order valence-corrected chi connectivity index (χ1v) is 1.13. The fourth-order valence-electron chi connectivity index (χ4n) is 0. The molecule has 2 N–H and O–H groups in total. The summed E-state index contributed by atoms with van der Waals surface area (Å²) in [7, 11) is 0. The van der Waals surface area contributed by atoms with E-state index in [-0.39, 0.29) is 35.8 Å². The summed E-state index contributed by atoms with van der Waals surface area (Å²) < 4.78 is 0. The number of aliphatic hydroxyl groups is 2. The van der Waals surface area contributed by atoms with Crippen LogP contribution < -0.4 is 0 Å². The molecule has 0 bridgehead atoms. The number of rotatable bonds is 1. The molecule has 0 aliphatic heterocycles. The molecule has 0 amide bonds. The molecule has 0 aromatic heterocycles. The van der Waals surface area contributed by atoms with E-state index in [1.165, 1.54) is 0 Å². The molecule has 0 atom stereocenters. The van der Waals surface area contributed by atoms with Crippen LogP contribution in [0.5, 0.6) is 0 Å². The first-order valence-electron chi connectivity index (χ1n) is 1.13. The van der Waals surface area contributed by atoms with Crippen molar-refractivity contribution in [1.82, 2.24) is 0 Å². The SMILES string of the molecule is OCCO.[Mn+2].[O-2]. The van der Waals surface area contributed by atoms with Gasteiger partial charge in [-0.3, -0.25) is 0 Å². The van der Waals surface area contributed by atoms with Gasteiger partial charge < -0.3 is 15.7 Å². The fourth-order valence-corrected chi connectivity index (χ4v) is 0. The summed E-state index contributed by atoms with van der Waals surface area (Å²) in [4.78, 5) is 0. The molecule has 0 heterocycles. The number of hydrogen-bond donors (Lipinski definition) is 2.